The van der Waals surface area contributed by atoms with Crippen molar-refractivity contribution in [3.8, 4) is 0 Å². The van der Waals surface area contributed by atoms with Gasteiger partial charge >= 0.3 is 0 Å². The van der Waals surface area contributed by atoms with Crippen LogP contribution in [0.5, 0.6) is 0 Å². The Kier molecular flexibility index (Phi) is 4.80. The van der Waals surface area contributed by atoms with E-state index >= 15 is 0 Å². The van der Waals surface area contributed by atoms with Crippen LogP contribution in [0.1, 0.15) is 25.8 Å². The topological polar surface area (TPSA) is 55.1 Å². The molecule has 3 N–H and O–H groups in total. The highest BCUT2D eigenvalue weighted by Gasteiger charge is 2.20. The molecule has 1 aromatic rings. The average molecular weight is 275 g/mol. The summed E-state index contributed by atoms with van der Waals surface area (Å²) in [5, 5.41) is 4.30. The molecule has 1 aromatic carbocycles. The lowest BCUT2D eigenvalue weighted by Crippen LogP contribution is -2.42. The van der Waals surface area contributed by atoms with E-state index in [-0.39, 0.29) is 17.9 Å². The summed E-state index contributed by atoms with van der Waals surface area (Å²) in [5.41, 5.74) is 5.71. The summed E-state index contributed by atoms with van der Waals surface area (Å²) >= 11 is 12.0. The molecular formula is C12H16Cl2N2O. The maximum Gasteiger partial charge on any atom is 0.219 e. The molecule has 0 unspecified atom stereocenters. The third kappa shape index (κ3) is 4.54. The number of hydrogen-bond acceptors (Lipinski definition) is 2. The van der Waals surface area contributed by atoms with Crippen LogP contribution in [0.15, 0.2) is 18.2 Å². The van der Waals surface area contributed by atoms with Gasteiger partial charge in [0.05, 0.1) is 10.0 Å². The molecule has 0 aromatic heterocycles. The largest absolute Gasteiger partial charge is 0.370 e. The SMILES string of the molecule is CC(C)(CC(N)=O)NCc1cccc(Cl)c1Cl. The van der Waals surface area contributed by atoms with Gasteiger partial charge in [0.1, 0.15) is 0 Å². The van der Waals surface area contributed by atoms with Crippen LogP contribution >= 0.6 is 23.2 Å². The fourth-order valence-electron chi connectivity index (χ4n) is 1.52. The number of nitrogens with two attached hydrogens (primary N) is 1. The van der Waals surface area contributed by atoms with Gasteiger partial charge in [-0.3, -0.25) is 4.79 Å². The Bertz CT molecular complexity index is 419. The number of nitrogens with one attached hydrogen (secondary N) is 1. The fraction of sp³-hybridized carbons (Fsp3) is 0.417. The monoisotopic (exact) mass is 274 g/mol. The van der Waals surface area contributed by atoms with Gasteiger partial charge in [-0.15, -0.1) is 0 Å². The molecule has 0 spiro atoms. The Labute approximate surface area is 111 Å². The molecule has 0 bridgehead atoms. The van der Waals surface area contributed by atoms with Crippen LogP contribution in [-0.4, -0.2) is 11.4 Å². The summed E-state index contributed by atoms with van der Waals surface area (Å²) in [6.45, 7) is 4.37. The van der Waals surface area contributed by atoms with Gasteiger partial charge in [0, 0.05) is 18.5 Å². The van der Waals surface area contributed by atoms with Crippen molar-refractivity contribution in [3.05, 3.63) is 33.8 Å². The molecule has 17 heavy (non-hydrogen) atoms. The second-order valence-corrected chi connectivity index (χ2v) is 5.38. The van der Waals surface area contributed by atoms with E-state index in [0.717, 1.165) is 5.56 Å². The Morgan fingerprint density at radius 3 is 2.65 bits per heavy atom. The van der Waals surface area contributed by atoms with Crippen LogP contribution in [0, 0.1) is 0 Å². The normalized spacial score (nSPS) is 11.5. The Morgan fingerprint density at radius 1 is 1.41 bits per heavy atom. The predicted molar refractivity (Wildman–Crippen MR) is 71.2 cm³/mol. The quantitative estimate of drug-likeness (QED) is 0.868. The van der Waals surface area contributed by atoms with E-state index in [1.54, 1.807) is 6.07 Å². The summed E-state index contributed by atoms with van der Waals surface area (Å²) in [6, 6.07) is 5.47. The first kappa shape index (κ1) is 14.3. The molecular weight excluding hydrogens is 259 g/mol. The van der Waals surface area contributed by atoms with Crippen LogP contribution in [0.2, 0.25) is 10.0 Å². The van der Waals surface area contributed by atoms with Crippen LogP contribution < -0.4 is 11.1 Å². The summed E-state index contributed by atoms with van der Waals surface area (Å²) in [7, 11) is 0. The molecule has 0 saturated carbocycles. The van der Waals surface area contributed by atoms with E-state index < -0.39 is 0 Å². The van der Waals surface area contributed by atoms with Gasteiger partial charge in [-0.2, -0.15) is 0 Å². The lowest BCUT2D eigenvalue weighted by atomic mass is 10.00. The first-order chi connectivity index (χ1) is 7.82. The van der Waals surface area contributed by atoms with Gasteiger partial charge in [0.15, 0.2) is 0 Å². The van der Waals surface area contributed by atoms with E-state index in [4.69, 9.17) is 28.9 Å². The number of halogens is 2. The number of amides is 1. The molecule has 5 heteroatoms. The number of primary amides is 1. The van der Waals surface area contributed by atoms with Gasteiger partial charge in [0.2, 0.25) is 5.91 Å². The van der Waals surface area contributed by atoms with E-state index in [9.17, 15) is 4.79 Å². The van der Waals surface area contributed by atoms with E-state index in [2.05, 4.69) is 5.32 Å². The van der Waals surface area contributed by atoms with E-state index in [0.29, 0.717) is 16.6 Å². The third-order valence-corrected chi connectivity index (χ3v) is 3.26. The molecule has 1 rings (SSSR count). The highest BCUT2D eigenvalue weighted by Crippen LogP contribution is 2.25. The van der Waals surface area contributed by atoms with Crippen LogP contribution in [0.4, 0.5) is 0 Å². The van der Waals surface area contributed by atoms with E-state index in [1.165, 1.54) is 0 Å². The number of benzene rings is 1. The van der Waals surface area contributed by atoms with Crippen molar-refractivity contribution in [2.24, 2.45) is 5.73 Å². The molecule has 0 aliphatic rings. The third-order valence-electron chi connectivity index (χ3n) is 2.41. The van der Waals surface area contributed by atoms with Gasteiger partial charge in [-0.05, 0) is 25.5 Å². The molecule has 0 saturated heterocycles. The molecule has 0 radical (unpaired) electrons. The summed E-state index contributed by atoms with van der Waals surface area (Å²) < 4.78 is 0. The number of carbonyl (C=O) groups is 1. The Balaban J connectivity index is 2.67. The molecule has 1 amide bonds. The number of carbonyl (C=O) groups excluding carboxylic acids is 1. The first-order valence-corrected chi connectivity index (χ1v) is 6.03. The lowest BCUT2D eigenvalue weighted by Gasteiger charge is -2.25. The molecule has 0 atom stereocenters. The summed E-state index contributed by atoms with van der Waals surface area (Å²) in [4.78, 5) is 10.9. The van der Waals surface area contributed by atoms with Crippen molar-refractivity contribution in [2.75, 3.05) is 0 Å². The summed E-state index contributed by atoms with van der Waals surface area (Å²) in [5.74, 6) is -0.334. The van der Waals surface area contributed by atoms with Crippen LogP contribution in [0.25, 0.3) is 0 Å². The van der Waals surface area contributed by atoms with Gasteiger partial charge in [-0.1, -0.05) is 35.3 Å². The smallest absolute Gasteiger partial charge is 0.219 e. The minimum Gasteiger partial charge on any atom is -0.370 e. The minimum absolute atomic E-state index is 0.269. The van der Waals surface area contributed by atoms with Crippen LogP contribution in [-0.2, 0) is 11.3 Å². The molecule has 0 heterocycles. The highest BCUT2D eigenvalue weighted by molar-refractivity contribution is 6.42. The Morgan fingerprint density at radius 2 is 2.06 bits per heavy atom. The van der Waals surface area contributed by atoms with E-state index in [1.807, 2.05) is 26.0 Å². The average Bonchev–Trinajstić information content (AvgIpc) is 2.18. The number of hydrogen-bond donors (Lipinski definition) is 2. The second kappa shape index (κ2) is 5.71. The molecule has 3 nitrogen and oxygen atoms in total. The zero-order chi connectivity index (χ0) is 13.1. The number of rotatable bonds is 5. The van der Waals surface area contributed by atoms with Gasteiger partial charge < -0.3 is 11.1 Å². The zero-order valence-corrected chi connectivity index (χ0v) is 11.4. The Hall–Kier alpha value is -0.770. The highest BCUT2D eigenvalue weighted by atomic mass is 35.5. The first-order valence-electron chi connectivity index (χ1n) is 5.28. The van der Waals surface area contributed by atoms with Gasteiger partial charge in [-0.25, -0.2) is 0 Å². The molecule has 0 aliphatic carbocycles. The lowest BCUT2D eigenvalue weighted by molar-refractivity contribution is -0.119. The summed E-state index contributed by atoms with van der Waals surface area (Å²) in [6.07, 6.45) is 0.269. The van der Waals surface area contributed by atoms with Crippen molar-refractivity contribution in [1.82, 2.24) is 5.32 Å². The maximum absolute atomic E-state index is 10.9. The van der Waals surface area contributed by atoms with Crippen LogP contribution in [0.3, 0.4) is 0 Å². The minimum atomic E-state index is -0.364. The van der Waals surface area contributed by atoms with Crippen molar-refractivity contribution in [2.45, 2.75) is 32.4 Å². The fourth-order valence-corrected chi connectivity index (χ4v) is 1.90. The molecule has 0 aliphatic heterocycles. The standard InChI is InChI=1S/C12H16Cl2N2O/c1-12(2,6-10(15)17)16-7-8-4-3-5-9(13)11(8)14/h3-5,16H,6-7H2,1-2H3,(H2,15,17). The van der Waals surface area contributed by atoms with Crippen molar-refractivity contribution in [1.29, 1.82) is 0 Å². The van der Waals surface area contributed by atoms with Crippen molar-refractivity contribution in [3.63, 3.8) is 0 Å². The predicted octanol–water partition coefficient (Wildman–Crippen LogP) is 2.74. The van der Waals surface area contributed by atoms with Gasteiger partial charge in [0.25, 0.3) is 0 Å². The zero-order valence-electron chi connectivity index (χ0n) is 9.89. The molecule has 0 fully saturated rings. The molecule has 94 valence electrons. The van der Waals surface area contributed by atoms with Crippen molar-refractivity contribution >= 4 is 29.1 Å². The second-order valence-electron chi connectivity index (χ2n) is 4.59. The van der Waals surface area contributed by atoms with Crippen molar-refractivity contribution < 1.29 is 4.79 Å². The maximum atomic E-state index is 10.9.